The Hall–Kier alpha value is -3.25. The molecule has 2 amide bonds. The fraction of sp³-hybridized carbons (Fsp3) is 0.130. The van der Waals surface area contributed by atoms with Gasteiger partial charge in [-0.3, -0.25) is 9.59 Å². The summed E-state index contributed by atoms with van der Waals surface area (Å²) < 4.78 is 5.76. The summed E-state index contributed by atoms with van der Waals surface area (Å²) in [5.41, 5.74) is 1.42. The highest BCUT2D eigenvalue weighted by Crippen LogP contribution is 2.27. The van der Waals surface area contributed by atoms with Gasteiger partial charge >= 0.3 is 0 Å². The fourth-order valence-electron chi connectivity index (χ4n) is 2.58. The second kappa shape index (κ2) is 9.80. The van der Waals surface area contributed by atoms with Crippen molar-refractivity contribution < 1.29 is 14.3 Å². The molecular formula is C23H22N2O3S. The molecule has 0 aliphatic rings. The molecule has 1 atom stereocenters. The Labute approximate surface area is 174 Å². The van der Waals surface area contributed by atoms with Crippen LogP contribution in [0.15, 0.2) is 83.8 Å². The van der Waals surface area contributed by atoms with Gasteiger partial charge in [0.15, 0.2) is 0 Å². The second-order valence-corrected chi connectivity index (χ2v) is 7.81. The SMILES string of the molecule is CC(=O)Nc1cccc(SC(C)C(=O)Nc2ccc(Oc3ccccc3)cc2)c1. The largest absolute Gasteiger partial charge is 0.457 e. The van der Waals surface area contributed by atoms with Gasteiger partial charge in [-0.1, -0.05) is 24.3 Å². The molecule has 0 bridgehead atoms. The molecule has 0 spiro atoms. The number of nitrogens with one attached hydrogen (secondary N) is 2. The Morgan fingerprint density at radius 2 is 1.52 bits per heavy atom. The van der Waals surface area contributed by atoms with E-state index < -0.39 is 0 Å². The summed E-state index contributed by atoms with van der Waals surface area (Å²) in [4.78, 5) is 24.6. The topological polar surface area (TPSA) is 67.4 Å². The number of anilines is 2. The number of thioether (sulfide) groups is 1. The third-order valence-electron chi connectivity index (χ3n) is 3.94. The minimum Gasteiger partial charge on any atom is -0.457 e. The standard InChI is InChI=1S/C23H22N2O3S/c1-16(29-22-10-6-7-19(15-22)24-17(2)26)23(27)25-18-11-13-21(14-12-18)28-20-8-4-3-5-9-20/h3-16H,1-2H3,(H,24,26)(H,25,27). The minimum atomic E-state index is -0.303. The fourth-order valence-corrected chi connectivity index (χ4v) is 3.51. The van der Waals surface area contributed by atoms with Crippen LogP contribution in [0.4, 0.5) is 11.4 Å². The first-order valence-corrected chi connectivity index (χ1v) is 10.1. The molecule has 1 unspecified atom stereocenters. The molecule has 2 N–H and O–H groups in total. The molecule has 0 saturated heterocycles. The zero-order chi connectivity index (χ0) is 20.6. The van der Waals surface area contributed by atoms with Crippen molar-refractivity contribution in [2.75, 3.05) is 10.6 Å². The van der Waals surface area contributed by atoms with E-state index in [2.05, 4.69) is 10.6 Å². The normalized spacial score (nSPS) is 11.4. The van der Waals surface area contributed by atoms with Crippen LogP contribution in [0, 0.1) is 0 Å². The number of hydrogen-bond acceptors (Lipinski definition) is 4. The van der Waals surface area contributed by atoms with Gasteiger partial charge in [0, 0.05) is 23.2 Å². The maximum absolute atomic E-state index is 12.5. The molecule has 0 fully saturated rings. The Morgan fingerprint density at radius 1 is 0.828 bits per heavy atom. The molecule has 0 aliphatic carbocycles. The van der Waals surface area contributed by atoms with Crippen molar-refractivity contribution in [3.8, 4) is 11.5 Å². The summed E-state index contributed by atoms with van der Waals surface area (Å²) >= 11 is 1.43. The van der Waals surface area contributed by atoms with Gasteiger partial charge in [-0.15, -0.1) is 11.8 Å². The zero-order valence-corrected chi connectivity index (χ0v) is 17.0. The summed E-state index contributed by atoms with van der Waals surface area (Å²) in [6, 6.07) is 24.2. The van der Waals surface area contributed by atoms with Crippen LogP contribution in [-0.2, 0) is 9.59 Å². The molecule has 3 aromatic carbocycles. The number of rotatable bonds is 7. The predicted molar refractivity (Wildman–Crippen MR) is 118 cm³/mol. The Bertz CT molecular complexity index is 975. The molecule has 5 nitrogen and oxygen atoms in total. The summed E-state index contributed by atoms with van der Waals surface area (Å²) in [7, 11) is 0. The smallest absolute Gasteiger partial charge is 0.237 e. The Kier molecular flexibility index (Phi) is 6.92. The maximum atomic E-state index is 12.5. The molecule has 29 heavy (non-hydrogen) atoms. The molecular weight excluding hydrogens is 384 g/mol. The van der Waals surface area contributed by atoms with Crippen molar-refractivity contribution in [2.24, 2.45) is 0 Å². The summed E-state index contributed by atoms with van der Waals surface area (Å²) in [5, 5.41) is 5.36. The Morgan fingerprint density at radius 3 is 2.21 bits per heavy atom. The molecule has 148 valence electrons. The van der Waals surface area contributed by atoms with Crippen LogP contribution < -0.4 is 15.4 Å². The van der Waals surface area contributed by atoms with E-state index in [1.807, 2.05) is 85.8 Å². The molecule has 0 radical (unpaired) electrons. The van der Waals surface area contributed by atoms with E-state index in [1.165, 1.54) is 18.7 Å². The predicted octanol–water partition coefficient (Wildman–Crippen LogP) is 5.56. The molecule has 3 aromatic rings. The van der Waals surface area contributed by atoms with Crippen LogP contribution in [0.2, 0.25) is 0 Å². The van der Waals surface area contributed by atoms with E-state index in [4.69, 9.17) is 4.74 Å². The lowest BCUT2D eigenvalue weighted by molar-refractivity contribution is -0.115. The van der Waals surface area contributed by atoms with Gasteiger partial charge in [0.2, 0.25) is 11.8 Å². The molecule has 0 heterocycles. The van der Waals surface area contributed by atoms with Crippen LogP contribution in [0.1, 0.15) is 13.8 Å². The van der Waals surface area contributed by atoms with Gasteiger partial charge in [-0.2, -0.15) is 0 Å². The minimum absolute atomic E-state index is 0.100. The highest BCUT2D eigenvalue weighted by atomic mass is 32.2. The molecule has 0 aliphatic heterocycles. The van der Waals surface area contributed by atoms with Gasteiger partial charge in [0.05, 0.1) is 5.25 Å². The van der Waals surface area contributed by atoms with Crippen molar-refractivity contribution in [1.29, 1.82) is 0 Å². The number of benzene rings is 3. The van der Waals surface area contributed by atoms with Crippen LogP contribution in [0.25, 0.3) is 0 Å². The van der Waals surface area contributed by atoms with Crippen molar-refractivity contribution in [3.05, 3.63) is 78.9 Å². The second-order valence-electron chi connectivity index (χ2n) is 6.40. The van der Waals surface area contributed by atoms with Gasteiger partial charge in [-0.05, 0) is 61.5 Å². The molecule has 6 heteroatoms. The van der Waals surface area contributed by atoms with Gasteiger partial charge in [0.1, 0.15) is 11.5 Å². The lowest BCUT2D eigenvalue weighted by atomic mass is 10.3. The van der Waals surface area contributed by atoms with E-state index >= 15 is 0 Å². The van der Waals surface area contributed by atoms with Crippen LogP contribution in [-0.4, -0.2) is 17.1 Å². The van der Waals surface area contributed by atoms with Crippen molar-refractivity contribution in [3.63, 3.8) is 0 Å². The summed E-state index contributed by atoms with van der Waals surface area (Å²) in [6.45, 7) is 3.31. The Balaban J connectivity index is 1.56. The van der Waals surface area contributed by atoms with Gasteiger partial charge < -0.3 is 15.4 Å². The third kappa shape index (κ3) is 6.40. The highest BCUT2D eigenvalue weighted by Gasteiger charge is 2.15. The molecule has 0 aromatic heterocycles. The number of hydrogen-bond donors (Lipinski definition) is 2. The van der Waals surface area contributed by atoms with Crippen LogP contribution in [0.5, 0.6) is 11.5 Å². The first-order valence-electron chi connectivity index (χ1n) is 9.18. The first kappa shape index (κ1) is 20.5. The first-order chi connectivity index (χ1) is 14.0. The maximum Gasteiger partial charge on any atom is 0.237 e. The van der Waals surface area contributed by atoms with Crippen LogP contribution >= 0.6 is 11.8 Å². The number of carbonyl (C=O) groups is 2. The van der Waals surface area contributed by atoms with E-state index in [0.717, 1.165) is 10.6 Å². The van der Waals surface area contributed by atoms with Crippen molar-refractivity contribution in [2.45, 2.75) is 24.0 Å². The van der Waals surface area contributed by atoms with E-state index in [0.29, 0.717) is 17.1 Å². The van der Waals surface area contributed by atoms with Gasteiger partial charge in [-0.25, -0.2) is 0 Å². The quantitative estimate of drug-likeness (QED) is 0.504. The zero-order valence-electron chi connectivity index (χ0n) is 16.2. The summed E-state index contributed by atoms with van der Waals surface area (Å²) in [6.07, 6.45) is 0. The lowest BCUT2D eigenvalue weighted by Crippen LogP contribution is -2.22. The van der Waals surface area contributed by atoms with Gasteiger partial charge in [0.25, 0.3) is 0 Å². The monoisotopic (exact) mass is 406 g/mol. The van der Waals surface area contributed by atoms with Crippen LogP contribution in [0.3, 0.4) is 0 Å². The number of carbonyl (C=O) groups excluding carboxylic acids is 2. The van der Waals surface area contributed by atoms with E-state index in [9.17, 15) is 9.59 Å². The number of amides is 2. The van der Waals surface area contributed by atoms with Crippen molar-refractivity contribution in [1.82, 2.24) is 0 Å². The lowest BCUT2D eigenvalue weighted by Gasteiger charge is -2.13. The van der Waals surface area contributed by atoms with Crippen molar-refractivity contribution >= 4 is 35.0 Å². The summed E-state index contributed by atoms with van der Waals surface area (Å²) in [5.74, 6) is 1.23. The van der Waals surface area contributed by atoms with E-state index in [1.54, 1.807) is 0 Å². The average molecular weight is 407 g/mol. The number of ether oxygens (including phenoxy) is 1. The number of para-hydroxylation sites is 1. The highest BCUT2D eigenvalue weighted by molar-refractivity contribution is 8.00. The van der Waals surface area contributed by atoms with E-state index in [-0.39, 0.29) is 17.1 Å². The molecule has 0 saturated carbocycles. The molecule has 3 rings (SSSR count). The average Bonchev–Trinajstić information content (AvgIpc) is 2.70. The third-order valence-corrected chi connectivity index (χ3v) is 5.03.